The van der Waals surface area contributed by atoms with Crippen molar-refractivity contribution in [3.05, 3.63) is 0 Å². The molecule has 0 aliphatic carbocycles. The Morgan fingerprint density at radius 1 is 1.89 bits per heavy atom. The maximum atomic E-state index is 9.44. The molecule has 0 aromatic rings. The van der Waals surface area contributed by atoms with Gasteiger partial charge in [0.1, 0.15) is 6.73 Å². The molecule has 0 rings (SSSR count). The van der Waals surface area contributed by atoms with Crippen LogP contribution in [0.25, 0.3) is 0 Å². The molecular formula is C5H8ClNO2. The molecule has 0 aromatic heterocycles. The molecular weight excluding hydrogens is 142 g/mol. The molecule has 4 heteroatoms. The lowest BCUT2D eigenvalue weighted by atomic mass is 10.5. The monoisotopic (exact) mass is 149 g/mol. The van der Waals surface area contributed by atoms with Gasteiger partial charge in [-0.1, -0.05) is 0 Å². The van der Waals surface area contributed by atoms with Crippen LogP contribution >= 0.6 is 11.6 Å². The first kappa shape index (κ1) is 8.63. The van der Waals surface area contributed by atoms with Crippen molar-refractivity contribution in [1.82, 2.24) is 0 Å². The summed E-state index contributed by atoms with van der Waals surface area (Å²) in [5.74, 6) is 0. The number of rotatable bonds is 4. The molecule has 52 valence electrons. The maximum absolute atomic E-state index is 9.44. The Labute approximate surface area is 58.7 Å². The van der Waals surface area contributed by atoms with E-state index < -0.39 is 0 Å². The lowest BCUT2D eigenvalue weighted by molar-refractivity contribution is 0.145. The van der Waals surface area contributed by atoms with Crippen LogP contribution in [0.5, 0.6) is 0 Å². The molecule has 0 aromatic carbocycles. The first-order valence-corrected chi connectivity index (χ1v) is 2.96. The predicted molar refractivity (Wildman–Crippen MR) is 34.3 cm³/mol. The van der Waals surface area contributed by atoms with Crippen molar-refractivity contribution in [3.8, 4) is 0 Å². The number of isocyanates is 1. The van der Waals surface area contributed by atoms with Gasteiger partial charge < -0.3 is 4.74 Å². The van der Waals surface area contributed by atoms with Crippen LogP contribution in [0.1, 0.15) is 6.92 Å². The van der Waals surface area contributed by atoms with Gasteiger partial charge in [-0.25, -0.2) is 4.79 Å². The highest BCUT2D eigenvalue weighted by atomic mass is 35.5. The third kappa shape index (κ3) is 7.63. The Hall–Kier alpha value is -0.370. The van der Waals surface area contributed by atoms with Gasteiger partial charge in [0.25, 0.3) is 0 Å². The summed E-state index contributed by atoms with van der Waals surface area (Å²) >= 11 is 5.49. The number of alkyl halides is 1. The molecule has 0 aliphatic rings. The molecule has 0 spiro atoms. The molecule has 1 unspecified atom stereocenters. The minimum Gasteiger partial charge on any atom is -0.357 e. The van der Waals surface area contributed by atoms with E-state index in [9.17, 15) is 4.79 Å². The summed E-state index contributed by atoms with van der Waals surface area (Å²) in [7, 11) is 0. The zero-order chi connectivity index (χ0) is 7.11. The SMILES string of the molecule is CC(Cl)COCN=C=O. The molecule has 0 amide bonds. The fourth-order valence-corrected chi connectivity index (χ4v) is 0.376. The predicted octanol–water partition coefficient (Wildman–Crippen LogP) is 0.924. The molecule has 3 nitrogen and oxygen atoms in total. The molecule has 0 aliphatic heterocycles. The van der Waals surface area contributed by atoms with E-state index >= 15 is 0 Å². The topological polar surface area (TPSA) is 38.7 Å². The number of nitrogens with zero attached hydrogens (tertiary/aromatic N) is 1. The van der Waals surface area contributed by atoms with Crippen LogP contribution in [-0.4, -0.2) is 24.8 Å². The van der Waals surface area contributed by atoms with E-state index in [4.69, 9.17) is 16.3 Å². The molecule has 0 saturated carbocycles. The van der Waals surface area contributed by atoms with Crippen LogP contribution in [0.2, 0.25) is 0 Å². The number of hydrogen-bond donors (Lipinski definition) is 0. The molecule has 0 saturated heterocycles. The average molecular weight is 150 g/mol. The van der Waals surface area contributed by atoms with E-state index in [2.05, 4.69) is 4.99 Å². The van der Waals surface area contributed by atoms with Gasteiger partial charge >= 0.3 is 0 Å². The lowest BCUT2D eigenvalue weighted by Crippen LogP contribution is -2.03. The molecule has 1 atom stereocenters. The second-order valence-electron chi connectivity index (χ2n) is 1.53. The summed E-state index contributed by atoms with van der Waals surface area (Å²) in [5, 5.41) is -0.0353. The maximum Gasteiger partial charge on any atom is 0.237 e. The smallest absolute Gasteiger partial charge is 0.237 e. The highest BCUT2D eigenvalue weighted by Crippen LogP contribution is 1.92. The summed E-state index contributed by atoms with van der Waals surface area (Å²) in [4.78, 5) is 12.6. The van der Waals surface area contributed by atoms with Crippen molar-refractivity contribution in [2.45, 2.75) is 12.3 Å². The molecule has 0 bridgehead atoms. The summed E-state index contributed by atoms with van der Waals surface area (Å²) in [6.07, 6.45) is 1.35. The second kappa shape index (κ2) is 5.76. The fourth-order valence-electron chi connectivity index (χ4n) is 0.287. The summed E-state index contributed by atoms with van der Waals surface area (Å²) in [6, 6.07) is 0. The Kier molecular flexibility index (Phi) is 5.52. The van der Waals surface area contributed by atoms with Crippen molar-refractivity contribution >= 4 is 17.7 Å². The van der Waals surface area contributed by atoms with Crippen LogP contribution in [0, 0.1) is 0 Å². The number of ether oxygens (including phenoxy) is 1. The Bertz CT molecular complexity index is 110. The zero-order valence-electron chi connectivity index (χ0n) is 5.13. The summed E-state index contributed by atoms with van der Waals surface area (Å²) in [6.45, 7) is 2.26. The van der Waals surface area contributed by atoms with Gasteiger partial charge in [-0.05, 0) is 6.92 Å². The van der Waals surface area contributed by atoms with E-state index in [1.807, 2.05) is 0 Å². The normalized spacial score (nSPS) is 12.2. The average Bonchev–Trinajstić information content (AvgIpc) is 1.80. The molecule has 9 heavy (non-hydrogen) atoms. The van der Waals surface area contributed by atoms with Crippen LogP contribution in [0.3, 0.4) is 0 Å². The van der Waals surface area contributed by atoms with Gasteiger partial charge in [-0.2, -0.15) is 4.99 Å². The van der Waals surface area contributed by atoms with Gasteiger partial charge in [0.2, 0.25) is 6.08 Å². The number of hydrogen-bond acceptors (Lipinski definition) is 3. The van der Waals surface area contributed by atoms with Crippen molar-refractivity contribution in [1.29, 1.82) is 0 Å². The standard InChI is InChI=1S/C5H8ClNO2/c1-5(6)2-9-4-7-3-8/h5H,2,4H2,1H3. The van der Waals surface area contributed by atoms with E-state index in [0.717, 1.165) is 0 Å². The van der Waals surface area contributed by atoms with E-state index in [0.29, 0.717) is 6.61 Å². The van der Waals surface area contributed by atoms with Gasteiger partial charge in [0.05, 0.1) is 12.0 Å². The van der Waals surface area contributed by atoms with Gasteiger partial charge in [-0.3, -0.25) is 0 Å². The quantitative estimate of drug-likeness (QED) is 0.258. The van der Waals surface area contributed by atoms with E-state index in [1.54, 1.807) is 6.92 Å². The molecule has 0 radical (unpaired) electrons. The first-order chi connectivity index (χ1) is 4.27. The summed E-state index contributed by atoms with van der Waals surface area (Å²) in [5.41, 5.74) is 0. The lowest BCUT2D eigenvalue weighted by Gasteiger charge is -1.99. The fraction of sp³-hybridized carbons (Fsp3) is 0.800. The van der Waals surface area contributed by atoms with Crippen LogP contribution in [0.4, 0.5) is 0 Å². The van der Waals surface area contributed by atoms with Crippen LogP contribution < -0.4 is 0 Å². The Morgan fingerprint density at radius 3 is 3.00 bits per heavy atom. The van der Waals surface area contributed by atoms with Gasteiger partial charge in [0.15, 0.2) is 0 Å². The van der Waals surface area contributed by atoms with Crippen LogP contribution in [-0.2, 0) is 9.53 Å². The van der Waals surface area contributed by atoms with Gasteiger partial charge in [-0.15, -0.1) is 11.6 Å². The minimum absolute atomic E-state index is 0.0353. The molecule has 0 N–H and O–H groups in total. The van der Waals surface area contributed by atoms with Crippen molar-refractivity contribution < 1.29 is 9.53 Å². The third-order valence-electron chi connectivity index (χ3n) is 0.568. The highest BCUT2D eigenvalue weighted by molar-refractivity contribution is 6.20. The van der Waals surface area contributed by atoms with Crippen molar-refractivity contribution in [2.24, 2.45) is 4.99 Å². The van der Waals surface area contributed by atoms with Crippen molar-refractivity contribution in [2.75, 3.05) is 13.3 Å². The number of carbonyl (C=O) groups excluding carboxylic acids is 1. The van der Waals surface area contributed by atoms with Gasteiger partial charge in [0, 0.05) is 0 Å². The van der Waals surface area contributed by atoms with Crippen molar-refractivity contribution in [3.63, 3.8) is 0 Å². The van der Waals surface area contributed by atoms with E-state index in [-0.39, 0.29) is 12.1 Å². The number of halogens is 1. The number of aliphatic imine (C=N–C) groups is 1. The largest absolute Gasteiger partial charge is 0.357 e. The first-order valence-electron chi connectivity index (χ1n) is 2.53. The Morgan fingerprint density at radius 2 is 2.56 bits per heavy atom. The highest BCUT2D eigenvalue weighted by Gasteiger charge is 1.92. The zero-order valence-corrected chi connectivity index (χ0v) is 5.89. The third-order valence-corrected chi connectivity index (χ3v) is 0.694. The summed E-state index contributed by atoms with van der Waals surface area (Å²) < 4.78 is 4.77. The molecule has 0 heterocycles. The minimum atomic E-state index is -0.0353. The molecule has 0 fully saturated rings. The second-order valence-corrected chi connectivity index (χ2v) is 2.28. The van der Waals surface area contributed by atoms with Crippen LogP contribution in [0.15, 0.2) is 4.99 Å². The Balaban J connectivity index is 3.00. The van der Waals surface area contributed by atoms with E-state index in [1.165, 1.54) is 6.08 Å².